The van der Waals surface area contributed by atoms with Crippen molar-refractivity contribution in [1.29, 1.82) is 0 Å². The van der Waals surface area contributed by atoms with Gasteiger partial charge < -0.3 is 14.0 Å². The Morgan fingerprint density at radius 1 is 0.923 bits per heavy atom. The summed E-state index contributed by atoms with van der Waals surface area (Å²) in [5.74, 6) is 1.51. The van der Waals surface area contributed by atoms with Crippen molar-refractivity contribution in [2.45, 2.75) is 13.2 Å². The number of pyridine rings is 1. The van der Waals surface area contributed by atoms with Crippen LogP contribution in [-0.4, -0.2) is 16.7 Å². The summed E-state index contributed by atoms with van der Waals surface area (Å²) in [4.78, 5) is 4.27. The van der Waals surface area contributed by atoms with E-state index in [-0.39, 0.29) is 0 Å². The molecule has 0 aliphatic rings. The summed E-state index contributed by atoms with van der Waals surface area (Å²) in [7, 11) is 1.62. The normalized spacial score (nSPS) is 10.8. The van der Waals surface area contributed by atoms with E-state index >= 15 is 0 Å². The van der Waals surface area contributed by atoms with Crippen LogP contribution in [0, 0.1) is 0 Å². The highest BCUT2D eigenvalue weighted by molar-refractivity contribution is 5.81. The lowest BCUT2D eigenvalue weighted by Gasteiger charge is -2.08. The molecule has 0 N–H and O–H groups in total. The number of ether oxygens (including phenoxy) is 2. The molecule has 0 amide bonds. The highest BCUT2D eigenvalue weighted by atomic mass is 16.5. The van der Waals surface area contributed by atoms with Gasteiger partial charge in [-0.25, -0.2) is 4.98 Å². The van der Waals surface area contributed by atoms with E-state index in [2.05, 4.69) is 46.1 Å². The van der Waals surface area contributed by atoms with Crippen LogP contribution in [0.15, 0.2) is 79.1 Å². The Labute approximate surface area is 152 Å². The first-order valence-corrected chi connectivity index (χ1v) is 8.56. The van der Waals surface area contributed by atoms with Crippen LogP contribution >= 0.6 is 0 Å². The Balaban J connectivity index is 1.49. The third-order valence-electron chi connectivity index (χ3n) is 4.35. The second kappa shape index (κ2) is 7.31. The number of methoxy groups -OCH3 is 1. The van der Waals surface area contributed by atoms with Crippen LogP contribution in [-0.2, 0) is 13.2 Å². The Morgan fingerprint density at radius 2 is 1.81 bits per heavy atom. The first kappa shape index (κ1) is 16.2. The van der Waals surface area contributed by atoms with E-state index in [1.165, 1.54) is 5.52 Å². The molecule has 0 unspecified atom stereocenters. The SMILES string of the molecule is COc1ccc(Cn2ccc3cc(OCc4ccccc4)ccc32)cn1. The van der Waals surface area contributed by atoms with Crippen molar-refractivity contribution in [3.63, 3.8) is 0 Å². The minimum Gasteiger partial charge on any atom is -0.489 e. The lowest BCUT2D eigenvalue weighted by Crippen LogP contribution is -1.99. The molecule has 0 aliphatic heterocycles. The lowest BCUT2D eigenvalue weighted by atomic mass is 10.2. The van der Waals surface area contributed by atoms with Crippen LogP contribution in [0.2, 0.25) is 0 Å². The summed E-state index contributed by atoms with van der Waals surface area (Å²) >= 11 is 0. The average Bonchev–Trinajstić information content (AvgIpc) is 3.10. The molecule has 4 heteroatoms. The number of rotatable bonds is 6. The fraction of sp³-hybridized carbons (Fsp3) is 0.136. The predicted octanol–water partition coefficient (Wildman–Crippen LogP) is 4.67. The molecule has 4 aromatic rings. The zero-order valence-corrected chi connectivity index (χ0v) is 14.6. The number of benzene rings is 2. The van der Waals surface area contributed by atoms with Gasteiger partial charge in [-0.3, -0.25) is 0 Å². The number of hydrogen-bond donors (Lipinski definition) is 0. The molecule has 0 aliphatic carbocycles. The van der Waals surface area contributed by atoms with Crippen molar-refractivity contribution in [3.05, 3.63) is 90.3 Å². The monoisotopic (exact) mass is 344 g/mol. The minimum absolute atomic E-state index is 0.574. The number of nitrogens with zero attached hydrogens (tertiary/aromatic N) is 2. The highest BCUT2D eigenvalue weighted by Gasteiger charge is 2.05. The Bertz CT molecular complexity index is 992. The van der Waals surface area contributed by atoms with Crippen molar-refractivity contribution in [2.75, 3.05) is 7.11 Å². The summed E-state index contributed by atoms with van der Waals surface area (Å²) in [5.41, 5.74) is 3.47. The van der Waals surface area contributed by atoms with Gasteiger partial charge in [0, 0.05) is 35.9 Å². The molecule has 0 atom stereocenters. The summed E-state index contributed by atoms with van der Waals surface area (Å²) in [6.07, 6.45) is 3.94. The van der Waals surface area contributed by atoms with Crippen LogP contribution in [0.25, 0.3) is 10.9 Å². The molecule has 130 valence electrons. The van der Waals surface area contributed by atoms with Gasteiger partial charge in [0.1, 0.15) is 12.4 Å². The largest absolute Gasteiger partial charge is 0.489 e. The fourth-order valence-corrected chi connectivity index (χ4v) is 2.97. The molecule has 0 spiro atoms. The van der Waals surface area contributed by atoms with Gasteiger partial charge in [-0.1, -0.05) is 36.4 Å². The van der Waals surface area contributed by atoms with Crippen molar-refractivity contribution in [2.24, 2.45) is 0 Å². The molecule has 4 nitrogen and oxygen atoms in total. The summed E-state index contributed by atoms with van der Waals surface area (Å²) in [6.45, 7) is 1.34. The van der Waals surface area contributed by atoms with Gasteiger partial charge >= 0.3 is 0 Å². The zero-order chi connectivity index (χ0) is 17.8. The minimum atomic E-state index is 0.574. The van der Waals surface area contributed by atoms with Crippen molar-refractivity contribution in [1.82, 2.24) is 9.55 Å². The van der Waals surface area contributed by atoms with Crippen LogP contribution in [0.3, 0.4) is 0 Å². The molecule has 2 aromatic heterocycles. The second-order valence-electron chi connectivity index (χ2n) is 6.15. The van der Waals surface area contributed by atoms with Crippen molar-refractivity contribution >= 4 is 10.9 Å². The first-order valence-electron chi connectivity index (χ1n) is 8.56. The van der Waals surface area contributed by atoms with E-state index in [4.69, 9.17) is 9.47 Å². The van der Waals surface area contributed by atoms with Crippen LogP contribution in [0.1, 0.15) is 11.1 Å². The Hall–Kier alpha value is -3.27. The van der Waals surface area contributed by atoms with E-state index in [0.717, 1.165) is 28.8 Å². The Kier molecular flexibility index (Phi) is 4.56. The molecular formula is C22H20N2O2. The maximum atomic E-state index is 5.92. The number of aromatic nitrogens is 2. The summed E-state index contributed by atoms with van der Waals surface area (Å²) in [6, 6.07) is 22.4. The summed E-state index contributed by atoms with van der Waals surface area (Å²) in [5, 5.41) is 1.16. The van der Waals surface area contributed by atoms with Gasteiger partial charge in [-0.2, -0.15) is 0 Å². The molecule has 0 saturated carbocycles. The molecular weight excluding hydrogens is 324 g/mol. The molecule has 2 heterocycles. The van der Waals surface area contributed by atoms with E-state index in [0.29, 0.717) is 12.5 Å². The molecule has 0 radical (unpaired) electrons. The standard InChI is InChI=1S/C22H20N2O2/c1-25-22-10-7-18(14-23-22)15-24-12-11-19-13-20(8-9-21(19)24)26-16-17-5-3-2-4-6-17/h2-14H,15-16H2,1H3. The van der Waals surface area contributed by atoms with Crippen LogP contribution in [0.4, 0.5) is 0 Å². The summed E-state index contributed by atoms with van der Waals surface area (Å²) < 4.78 is 13.2. The van der Waals surface area contributed by atoms with Gasteiger partial charge in [0.2, 0.25) is 5.88 Å². The Morgan fingerprint density at radius 3 is 2.58 bits per heavy atom. The van der Waals surface area contributed by atoms with Gasteiger partial charge in [0.05, 0.1) is 7.11 Å². The van der Waals surface area contributed by atoms with E-state index in [1.807, 2.05) is 42.6 Å². The number of fused-ring (bicyclic) bond motifs is 1. The highest BCUT2D eigenvalue weighted by Crippen LogP contribution is 2.23. The quantitative estimate of drug-likeness (QED) is 0.510. The molecule has 0 bridgehead atoms. The van der Waals surface area contributed by atoms with E-state index < -0.39 is 0 Å². The number of hydrogen-bond acceptors (Lipinski definition) is 3. The zero-order valence-electron chi connectivity index (χ0n) is 14.6. The maximum Gasteiger partial charge on any atom is 0.212 e. The molecule has 0 saturated heterocycles. The molecule has 2 aromatic carbocycles. The van der Waals surface area contributed by atoms with Gasteiger partial charge in [-0.15, -0.1) is 0 Å². The van der Waals surface area contributed by atoms with Gasteiger partial charge in [0.15, 0.2) is 0 Å². The molecule has 4 rings (SSSR count). The van der Waals surface area contributed by atoms with Gasteiger partial charge in [-0.05, 0) is 35.4 Å². The smallest absolute Gasteiger partial charge is 0.212 e. The average molecular weight is 344 g/mol. The third kappa shape index (κ3) is 3.54. The van der Waals surface area contributed by atoms with E-state index in [1.54, 1.807) is 7.11 Å². The lowest BCUT2D eigenvalue weighted by molar-refractivity contribution is 0.306. The van der Waals surface area contributed by atoms with Crippen LogP contribution < -0.4 is 9.47 Å². The van der Waals surface area contributed by atoms with Crippen LogP contribution in [0.5, 0.6) is 11.6 Å². The first-order chi connectivity index (χ1) is 12.8. The molecule has 0 fully saturated rings. The topological polar surface area (TPSA) is 36.3 Å². The van der Waals surface area contributed by atoms with Crippen molar-refractivity contribution < 1.29 is 9.47 Å². The molecule has 26 heavy (non-hydrogen) atoms. The third-order valence-corrected chi connectivity index (χ3v) is 4.35. The predicted molar refractivity (Wildman–Crippen MR) is 103 cm³/mol. The van der Waals surface area contributed by atoms with Gasteiger partial charge in [0.25, 0.3) is 0 Å². The second-order valence-corrected chi connectivity index (χ2v) is 6.15. The maximum absolute atomic E-state index is 5.92. The van der Waals surface area contributed by atoms with E-state index in [9.17, 15) is 0 Å². The van der Waals surface area contributed by atoms with Crippen molar-refractivity contribution in [3.8, 4) is 11.6 Å². The fourth-order valence-electron chi connectivity index (χ4n) is 2.97.